The molecule has 0 unspecified atom stereocenters. The van der Waals surface area contributed by atoms with Crippen molar-refractivity contribution in [2.45, 2.75) is 13.3 Å². The summed E-state index contributed by atoms with van der Waals surface area (Å²) in [6.07, 6.45) is 4.27. The third-order valence-electron chi connectivity index (χ3n) is 3.14. The molecule has 0 aliphatic heterocycles. The lowest BCUT2D eigenvalue weighted by molar-refractivity contribution is 0.0951. The Kier molecular flexibility index (Phi) is 4.81. The van der Waals surface area contributed by atoms with Crippen molar-refractivity contribution < 1.29 is 9.53 Å². The normalized spacial score (nSPS) is 10.4. The standard InChI is InChI=1S/C15H20N4O2/c1-3-21-12-6-4-5-11(16)14(12)15(20)18-8-7-13-17-9-10-19(13)2/h4-6,9-10H,3,7-8,16H2,1-2H3,(H,18,20). The lowest BCUT2D eigenvalue weighted by Gasteiger charge is -2.12. The van der Waals surface area contributed by atoms with E-state index in [1.54, 1.807) is 24.4 Å². The topological polar surface area (TPSA) is 82.2 Å². The minimum Gasteiger partial charge on any atom is -0.493 e. The van der Waals surface area contributed by atoms with Gasteiger partial charge in [0.2, 0.25) is 0 Å². The van der Waals surface area contributed by atoms with Crippen LogP contribution in [0.25, 0.3) is 0 Å². The van der Waals surface area contributed by atoms with E-state index in [9.17, 15) is 4.79 Å². The molecular formula is C15H20N4O2. The van der Waals surface area contributed by atoms with Gasteiger partial charge < -0.3 is 20.4 Å². The molecule has 21 heavy (non-hydrogen) atoms. The van der Waals surface area contributed by atoms with E-state index in [0.29, 0.717) is 36.6 Å². The fourth-order valence-electron chi connectivity index (χ4n) is 2.08. The Balaban J connectivity index is 2.02. The molecule has 0 aliphatic rings. The number of hydrogen-bond acceptors (Lipinski definition) is 4. The number of nitrogens with two attached hydrogens (primary N) is 1. The van der Waals surface area contributed by atoms with Crippen molar-refractivity contribution >= 4 is 11.6 Å². The van der Waals surface area contributed by atoms with Crippen LogP contribution in [0, 0.1) is 0 Å². The molecule has 2 rings (SSSR count). The molecular weight excluding hydrogens is 268 g/mol. The molecule has 0 aliphatic carbocycles. The zero-order valence-corrected chi connectivity index (χ0v) is 12.3. The third kappa shape index (κ3) is 3.53. The second-order valence-corrected chi connectivity index (χ2v) is 4.61. The summed E-state index contributed by atoms with van der Waals surface area (Å²) in [4.78, 5) is 16.5. The van der Waals surface area contributed by atoms with E-state index in [1.807, 2.05) is 24.7 Å². The number of carbonyl (C=O) groups is 1. The van der Waals surface area contributed by atoms with Gasteiger partial charge in [-0.3, -0.25) is 4.79 Å². The van der Waals surface area contributed by atoms with Crippen LogP contribution in [0.3, 0.4) is 0 Å². The first-order chi connectivity index (χ1) is 10.1. The van der Waals surface area contributed by atoms with Gasteiger partial charge >= 0.3 is 0 Å². The van der Waals surface area contributed by atoms with Crippen LogP contribution < -0.4 is 15.8 Å². The molecule has 1 heterocycles. The molecule has 0 fully saturated rings. The number of amides is 1. The van der Waals surface area contributed by atoms with Crippen molar-refractivity contribution in [3.05, 3.63) is 42.0 Å². The number of ether oxygens (including phenoxy) is 1. The molecule has 0 spiro atoms. The number of benzene rings is 1. The summed E-state index contributed by atoms with van der Waals surface area (Å²) >= 11 is 0. The maximum atomic E-state index is 12.3. The SMILES string of the molecule is CCOc1cccc(N)c1C(=O)NCCc1nccn1C. The van der Waals surface area contributed by atoms with Gasteiger partial charge in [-0.05, 0) is 19.1 Å². The van der Waals surface area contributed by atoms with Crippen LogP contribution >= 0.6 is 0 Å². The van der Waals surface area contributed by atoms with E-state index >= 15 is 0 Å². The Morgan fingerprint density at radius 2 is 2.29 bits per heavy atom. The molecule has 3 N–H and O–H groups in total. The number of anilines is 1. The highest BCUT2D eigenvalue weighted by atomic mass is 16.5. The van der Waals surface area contributed by atoms with Crippen LogP contribution in [-0.2, 0) is 13.5 Å². The Hall–Kier alpha value is -2.50. The fraction of sp³-hybridized carbons (Fsp3) is 0.333. The first kappa shape index (κ1) is 14.9. The summed E-state index contributed by atoms with van der Waals surface area (Å²) in [7, 11) is 1.92. The van der Waals surface area contributed by atoms with Crippen LogP contribution in [-0.4, -0.2) is 28.6 Å². The van der Waals surface area contributed by atoms with Gasteiger partial charge in [0.15, 0.2) is 0 Å². The van der Waals surface area contributed by atoms with Crippen LogP contribution in [0.2, 0.25) is 0 Å². The molecule has 1 amide bonds. The summed E-state index contributed by atoms with van der Waals surface area (Å²) in [5, 5.41) is 2.85. The lowest BCUT2D eigenvalue weighted by atomic mass is 10.1. The minimum atomic E-state index is -0.231. The molecule has 6 heteroatoms. The first-order valence-electron chi connectivity index (χ1n) is 6.89. The van der Waals surface area contributed by atoms with Crippen LogP contribution in [0.15, 0.2) is 30.6 Å². The van der Waals surface area contributed by atoms with E-state index in [4.69, 9.17) is 10.5 Å². The van der Waals surface area contributed by atoms with Crippen LogP contribution in [0.5, 0.6) is 5.75 Å². The highest BCUT2D eigenvalue weighted by Crippen LogP contribution is 2.24. The molecule has 6 nitrogen and oxygen atoms in total. The van der Waals surface area contributed by atoms with Crippen molar-refractivity contribution in [3.63, 3.8) is 0 Å². The van der Waals surface area contributed by atoms with Gasteiger partial charge in [0, 0.05) is 38.1 Å². The summed E-state index contributed by atoms with van der Waals surface area (Å²) in [5.41, 5.74) is 6.69. The molecule has 1 aromatic carbocycles. The summed E-state index contributed by atoms with van der Waals surface area (Å²) < 4.78 is 7.38. The molecule has 112 valence electrons. The van der Waals surface area contributed by atoms with Gasteiger partial charge in [-0.2, -0.15) is 0 Å². The third-order valence-corrected chi connectivity index (χ3v) is 3.14. The Bertz CT molecular complexity index is 622. The molecule has 2 aromatic rings. The first-order valence-corrected chi connectivity index (χ1v) is 6.89. The van der Waals surface area contributed by atoms with Gasteiger partial charge in [-0.25, -0.2) is 4.98 Å². The number of nitrogen functional groups attached to an aromatic ring is 1. The predicted molar refractivity (Wildman–Crippen MR) is 81.3 cm³/mol. The monoisotopic (exact) mass is 288 g/mol. The van der Waals surface area contributed by atoms with Crippen LogP contribution in [0.1, 0.15) is 23.1 Å². The van der Waals surface area contributed by atoms with Gasteiger partial charge in [0.1, 0.15) is 17.1 Å². The summed E-state index contributed by atoms with van der Waals surface area (Å²) in [5.74, 6) is 1.19. The Labute approximate surface area is 123 Å². The summed E-state index contributed by atoms with van der Waals surface area (Å²) in [6.45, 7) is 2.84. The number of carbonyl (C=O) groups excluding carboxylic acids is 1. The second kappa shape index (κ2) is 6.78. The Morgan fingerprint density at radius 3 is 2.95 bits per heavy atom. The highest BCUT2D eigenvalue weighted by Gasteiger charge is 2.15. The van der Waals surface area contributed by atoms with Crippen molar-refractivity contribution in [1.82, 2.24) is 14.9 Å². The average molecular weight is 288 g/mol. The van der Waals surface area contributed by atoms with E-state index in [1.165, 1.54) is 0 Å². The average Bonchev–Trinajstić information content (AvgIpc) is 2.85. The van der Waals surface area contributed by atoms with Gasteiger partial charge in [0.05, 0.1) is 6.61 Å². The fourth-order valence-corrected chi connectivity index (χ4v) is 2.08. The van der Waals surface area contributed by atoms with E-state index in [0.717, 1.165) is 5.82 Å². The van der Waals surface area contributed by atoms with Crippen LogP contribution in [0.4, 0.5) is 5.69 Å². The molecule has 0 saturated heterocycles. The molecule has 0 saturated carbocycles. The van der Waals surface area contributed by atoms with Crippen molar-refractivity contribution in [3.8, 4) is 5.75 Å². The molecule has 0 radical (unpaired) electrons. The van der Waals surface area contributed by atoms with E-state index in [2.05, 4.69) is 10.3 Å². The van der Waals surface area contributed by atoms with E-state index in [-0.39, 0.29) is 5.91 Å². The number of aryl methyl sites for hydroxylation is 1. The second-order valence-electron chi connectivity index (χ2n) is 4.61. The maximum Gasteiger partial charge on any atom is 0.257 e. The quantitative estimate of drug-likeness (QED) is 0.787. The highest BCUT2D eigenvalue weighted by molar-refractivity contribution is 6.01. The van der Waals surface area contributed by atoms with E-state index < -0.39 is 0 Å². The number of hydrogen-bond donors (Lipinski definition) is 2. The number of nitrogens with zero attached hydrogens (tertiary/aromatic N) is 2. The number of rotatable bonds is 6. The van der Waals surface area contributed by atoms with Gasteiger partial charge in [0.25, 0.3) is 5.91 Å². The number of aromatic nitrogens is 2. The minimum absolute atomic E-state index is 0.231. The van der Waals surface area contributed by atoms with Gasteiger partial charge in [-0.1, -0.05) is 6.07 Å². The predicted octanol–water partition coefficient (Wildman–Crippen LogP) is 1.37. The molecule has 0 atom stereocenters. The Morgan fingerprint density at radius 1 is 1.48 bits per heavy atom. The largest absolute Gasteiger partial charge is 0.493 e. The van der Waals surface area contributed by atoms with Crippen molar-refractivity contribution in [2.24, 2.45) is 7.05 Å². The molecule has 1 aromatic heterocycles. The number of nitrogens with one attached hydrogen (secondary N) is 1. The summed E-state index contributed by atoms with van der Waals surface area (Å²) in [6, 6.07) is 5.20. The maximum absolute atomic E-state index is 12.3. The zero-order valence-electron chi connectivity index (χ0n) is 12.3. The number of imidazole rings is 1. The van der Waals surface area contributed by atoms with Crippen molar-refractivity contribution in [1.29, 1.82) is 0 Å². The van der Waals surface area contributed by atoms with Crippen molar-refractivity contribution in [2.75, 3.05) is 18.9 Å². The van der Waals surface area contributed by atoms with Gasteiger partial charge in [-0.15, -0.1) is 0 Å². The lowest BCUT2D eigenvalue weighted by Crippen LogP contribution is -2.27. The molecule has 0 bridgehead atoms. The zero-order chi connectivity index (χ0) is 15.2. The smallest absolute Gasteiger partial charge is 0.257 e.